The molecule has 1 saturated heterocycles. The number of rotatable bonds is 5. The molecule has 1 unspecified atom stereocenters. The predicted molar refractivity (Wildman–Crippen MR) is 73.1 cm³/mol. The summed E-state index contributed by atoms with van der Waals surface area (Å²) in [4.78, 5) is 33.8. The van der Waals surface area contributed by atoms with E-state index in [1.54, 1.807) is 6.08 Å². The van der Waals surface area contributed by atoms with Crippen molar-refractivity contribution in [2.24, 2.45) is 0 Å². The zero-order valence-electron chi connectivity index (χ0n) is 12.2. The number of carboxylic acid groups (broad SMARTS) is 3. The molecule has 9 nitrogen and oxygen atoms in total. The fraction of sp³-hybridized carbons (Fsp3) is 0.500. The Hall–Kier alpha value is -2.39. The zero-order chi connectivity index (χ0) is 17.1. The zero-order valence-corrected chi connectivity index (χ0v) is 12.2. The van der Waals surface area contributed by atoms with Crippen LogP contribution >= 0.6 is 0 Å². The highest BCUT2D eigenvalue weighted by atomic mass is 16.4. The summed E-state index contributed by atoms with van der Waals surface area (Å²) in [6.45, 7) is 0.485. The molecule has 0 amide bonds. The monoisotopic (exact) mass is 326 g/mol. The summed E-state index contributed by atoms with van der Waals surface area (Å²) >= 11 is 0. The second kappa shape index (κ2) is 6.80. The van der Waals surface area contributed by atoms with Crippen molar-refractivity contribution < 1.29 is 39.7 Å². The van der Waals surface area contributed by atoms with E-state index in [-0.39, 0.29) is 31.6 Å². The van der Waals surface area contributed by atoms with E-state index in [0.717, 1.165) is 0 Å². The molecule has 2 heterocycles. The van der Waals surface area contributed by atoms with E-state index in [1.807, 2.05) is 0 Å². The lowest BCUT2D eigenvalue weighted by Gasteiger charge is -2.23. The first-order valence-corrected chi connectivity index (χ1v) is 7.14. The molecule has 0 bridgehead atoms. The molecule has 2 rings (SSSR count). The lowest BCUT2D eigenvalue weighted by atomic mass is 10.00. The Morgan fingerprint density at radius 1 is 1.39 bits per heavy atom. The maximum Gasteiger partial charge on any atom is 0.351 e. The minimum atomic E-state index is -1.27. The number of aliphatic hydroxyl groups is 1. The lowest BCUT2D eigenvalue weighted by molar-refractivity contribution is -0.901. The summed E-state index contributed by atoms with van der Waals surface area (Å²) in [7, 11) is 0. The van der Waals surface area contributed by atoms with Gasteiger partial charge in [0.1, 0.15) is 30.4 Å². The largest absolute Gasteiger partial charge is 0.544 e. The van der Waals surface area contributed by atoms with Crippen molar-refractivity contribution in [1.29, 1.82) is 0 Å². The normalized spacial score (nSPS) is 32.2. The van der Waals surface area contributed by atoms with Crippen molar-refractivity contribution in [2.45, 2.75) is 31.0 Å². The van der Waals surface area contributed by atoms with Gasteiger partial charge in [0, 0.05) is 12.8 Å². The van der Waals surface area contributed by atoms with E-state index in [1.165, 1.54) is 6.08 Å². The van der Waals surface area contributed by atoms with Crippen LogP contribution in [0.4, 0.5) is 0 Å². The van der Waals surface area contributed by atoms with Crippen LogP contribution in [0.25, 0.3) is 0 Å². The van der Waals surface area contributed by atoms with Crippen LogP contribution in [0, 0.1) is 0 Å². The Morgan fingerprint density at radius 3 is 2.65 bits per heavy atom. The fourth-order valence-electron chi connectivity index (χ4n) is 2.89. The van der Waals surface area contributed by atoms with Crippen molar-refractivity contribution in [3.8, 4) is 0 Å². The summed E-state index contributed by atoms with van der Waals surface area (Å²) in [6, 6.07) is -1.88. The topological polar surface area (TPSA) is 151 Å². The van der Waals surface area contributed by atoms with Crippen LogP contribution in [0.3, 0.4) is 0 Å². The van der Waals surface area contributed by atoms with Gasteiger partial charge in [0.2, 0.25) is 0 Å². The van der Waals surface area contributed by atoms with Crippen molar-refractivity contribution in [2.75, 3.05) is 13.1 Å². The molecule has 9 heteroatoms. The number of quaternary nitrogens is 1. The molecule has 126 valence electrons. The quantitative estimate of drug-likeness (QED) is 0.344. The van der Waals surface area contributed by atoms with Gasteiger partial charge in [0.25, 0.3) is 0 Å². The first-order valence-electron chi connectivity index (χ1n) is 7.14. The molecule has 0 aromatic heterocycles. The molecule has 0 aromatic rings. The number of aliphatic hydroxyl groups excluding tert-OH is 1. The second-order valence-corrected chi connectivity index (χ2v) is 5.71. The van der Waals surface area contributed by atoms with Crippen molar-refractivity contribution in [1.82, 2.24) is 5.32 Å². The van der Waals surface area contributed by atoms with Crippen LogP contribution in [0.1, 0.15) is 12.8 Å². The van der Waals surface area contributed by atoms with Gasteiger partial charge in [-0.25, -0.2) is 9.59 Å². The van der Waals surface area contributed by atoms with Crippen LogP contribution < -0.4 is 15.3 Å². The van der Waals surface area contributed by atoms with Crippen molar-refractivity contribution in [3.63, 3.8) is 0 Å². The number of hydrogen-bond acceptors (Lipinski definition) is 6. The number of carboxylic acids is 3. The number of carbonyl (C=O) groups is 3. The molecule has 0 aromatic carbocycles. The van der Waals surface area contributed by atoms with Gasteiger partial charge in [-0.15, -0.1) is 0 Å². The predicted octanol–water partition coefficient (Wildman–Crippen LogP) is -3.90. The molecule has 23 heavy (non-hydrogen) atoms. The molecule has 4 atom stereocenters. The third-order valence-corrected chi connectivity index (χ3v) is 4.04. The molecule has 1 fully saturated rings. The average Bonchev–Trinajstić information content (AvgIpc) is 2.86. The van der Waals surface area contributed by atoms with E-state index in [0.29, 0.717) is 10.5 Å². The smallest absolute Gasteiger partial charge is 0.351 e. The van der Waals surface area contributed by atoms with Gasteiger partial charge < -0.3 is 35.4 Å². The summed E-state index contributed by atoms with van der Waals surface area (Å²) in [5, 5.41) is 41.1. The van der Waals surface area contributed by atoms with E-state index in [4.69, 9.17) is 10.2 Å². The minimum Gasteiger partial charge on any atom is -0.544 e. The van der Waals surface area contributed by atoms with Crippen LogP contribution in [0.2, 0.25) is 0 Å². The number of allylic oxidation sites excluding steroid dienone is 1. The first kappa shape index (κ1) is 17.0. The molecule has 0 saturated carbocycles. The SMILES string of the molecule is O=C(O)C1=C/C(=C/C[NH+]2C[C@H](O)C[C@H]2C(=O)[O-])C[C@@H](C(=O)O)N1. The Morgan fingerprint density at radius 2 is 2.09 bits per heavy atom. The average molecular weight is 326 g/mol. The van der Waals surface area contributed by atoms with Gasteiger partial charge in [-0.3, -0.25) is 0 Å². The van der Waals surface area contributed by atoms with Crippen molar-refractivity contribution >= 4 is 17.9 Å². The van der Waals surface area contributed by atoms with Crippen LogP contribution in [-0.4, -0.2) is 64.5 Å². The maximum atomic E-state index is 11.1. The number of nitrogens with one attached hydrogen (secondary N) is 2. The highest BCUT2D eigenvalue weighted by Crippen LogP contribution is 2.16. The van der Waals surface area contributed by atoms with Crippen LogP contribution in [0.15, 0.2) is 23.4 Å². The summed E-state index contributed by atoms with van der Waals surface area (Å²) in [6.07, 6.45) is 2.43. The number of hydrogen-bond donors (Lipinski definition) is 5. The van der Waals surface area contributed by atoms with Gasteiger partial charge in [0.05, 0.1) is 12.5 Å². The summed E-state index contributed by atoms with van der Waals surface area (Å²) in [5.74, 6) is -3.68. The van der Waals surface area contributed by atoms with Gasteiger partial charge >= 0.3 is 11.9 Å². The van der Waals surface area contributed by atoms with Gasteiger partial charge in [-0.1, -0.05) is 0 Å². The fourth-order valence-corrected chi connectivity index (χ4v) is 2.89. The van der Waals surface area contributed by atoms with E-state index in [9.17, 15) is 24.6 Å². The van der Waals surface area contributed by atoms with Crippen molar-refractivity contribution in [3.05, 3.63) is 23.4 Å². The first-order chi connectivity index (χ1) is 10.8. The standard InChI is InChI=1S/C14H18N2O7/c17-8-5-11(14(22)23)16(6-8)2-1-7-3-9(12(18)19)15-10(4-7)13(20)21/h1,3,8,10-11,15,17H,2,4-6H2,(H,18,19)(H,20,21)(H,22,23)/b7-1-/t8-,10+,11+/m1/s1. The van der Waals surface area contributed by atoms with Gasteiger partial charge in [-0.05, 0) is 17.7 Å². The Bertz CT molecular complexity index is 584. The van der Waals surface area contributed by atoms with E-state index < -0.39 is 36.1 Å². The Balaban J connectivity index is 2.14. The number of likely N-dealkylation sites (tertiary alicyclic amines) is 1. The molecule has 0 aliphatic carbocycles. The summed E-state index contributed by atoms with van der Waals surface area (Å²) < 4.78 is 0. The number of aliphatic carboxylic acids is 3. The Kier molecular flexibility index (Phi) is 5.02. The Labute approximate surface area is 131 Å². The van der Waals surface area contributed by atoms with E-state index in [2.05, 4.69) is 5.32 Å². The molecule has 2 aliphatic rings. The van der Waals surface area contributed by atoms with Crippen LogP contribution in [-0.2, 0) is 14.4 Å². The summed E-state index contributed by atoms with van der Waals surface area (Å²) in [5.41, 5.74) is 0.280. The molecular formula is C14H18N2O7. The van der Waals surface area contributed by atoms with E-state index >= 15 is 0 Å². The molecule has 0 radical (unpaired) electrons. The third kappa shape index (κ3) is 4.08. The third-order valence-electron chi connectivity index (χ3n) is 4.04. The minimum absolute atomic E-state index is 0.0952. The van der Waals surface area contributed by atoms with Gasteiger partial charge in [-0.2, -0.15) is 0 Å². The highest BCUT2D eigenvalue weighted by Gasteiger charge is 2.35. The highest BCUT2D eigenvalue weighted by molar-refractivity contribution is 5.89. The van der Waals surface area contributed by atoms with Crippen LogP contribution in [0.5, 0.6) is 0 Å². The molecule has 5 N–H and O–H groups in total. The maximum absolute atomic E-state index is 11.1. The second-order valence-electron chi connectivity index (χ2n) is 5.71. The number of carbonyl (C=O) groups excluding carboxylic acids is 1. The molecule has 2 aliphatic heterocycles. The molecular weight excluding hydrogens is 308 g/mol. The van der Waals surface area contributed by atoms with Gasteiger partial charge in [0.15, 0.2) is 0 Å². The lowest BCUT2D eigenvalue weighted by Crippen LogP contribution is -3.15. The molecule has 0 spiro atoms.